The Kier molecular flexibility index (Phi) is 5.69. The summed E-state index contributed by atoms with van der Waals surface area (Å²) in [4.78, 5) is 12.4. The van der Waals surface area contributed by atoms with Crippen molar-refractivity contribution in [3.05, 3.63) is 34.1 Å². The summed E-state index contributed by atoms with van der Waals surface area (Å²) >= 11 is 13.4. The molecule has 0 unspecified atom stereocenters. The van der Waals surface area contributed by atoms with Crippen molar-refractivity contribution in [3.8, 4) is 0 Å². The first kappa shape index (κ1) is 17.6. The number of nitrogens with zero attached hydrogens (tertiary/aromatic N) is 3. The number of hydrogen-bond acceptors (Lipinski definition) is 4. The van der Waals surface area contributed by atoms with E-state index in [4.69, 9.17) is 23.2 Å². The number of aryl methyl sites for hydroxylation is 1. The van der Waals surface area contributed by atoms with Crippen LogP contribution in [0.25, 0.3) is 0 Å². The quantitative estimate of drug-likeness (QED) is 0.791. The summed E-state index contributed by atoms with van der Waals surface area (Å²) in [5.74, 6) is 0.888. The molecule has 8 heteroatoms. The average Bonchev–Trinajstić information content (AvgIpc) is 2.78. The van der Waals surface area contributed by atoms with Gasteiger partial charge in [-0.3, -0.25) is 4.79 Å². The monoisotopic (exact) mass is 384 g/mol. The lowest BCUT2D eigenvalue weighted by molar-refractivity contribution is -0.115. The topological polar surface area (TPSA) is 59.8 Å². The Morgan fingerprint density at radius 3 is 2.92 bits per heavy atom. The number of halogens is 2. The number of amides is 1. The Morgan fingerprint density at radius 2 is 2.12 bits per heavy atom. The van der Waals surface area contributed by atoms with E-state index in [-0.39, 0.29) is 11.2 Å². The molecule has 1 amide bonds. The van der Waals surface area contributed by atoms with Crippen molar-refractivity contribution in [2.24, 2.45) is 0 Å². The Balaban J connectivity index is 1.67. The lowest BCUT2D eigenvalue weighted by atomic mass is 10.2. The van der Waals surface area contributed by atoms with Crippen LogP contribution in [-0.4, -0.2) is 25.9 Å². The summed E-state index contributed by atoms with van der Waals surface area (Å²) in [5.41, 5.74) is 0.554. The largest absolute Gasteiger partial charge is 0.324 e. The molecule has 128 valence electrons. The molecule has 0 bridgehead atoms. The fourth-order valence-electron chi connectivity index (χ4n) is 2.58. The van der Waals surface area contributed by atoms with Gasteiger partial charge in [0, 0.05) is 18.0 Å². The Bertz CT molecular complexity index is 750. The van der Waals surface area contributed by atoms with Crippen LogP contribution in [0.15, 0.2) is 23.4 Å². The predicted molar refractivity (Wildman–Crippen MR) is 98.0 cm³/mol. The van der Waals surface area contributed by atoms with Crippen molar-refractivity contribution in [2.45, 2.75) is 49.6 Å². The van der Waals surface area contributed by atoms with E-state index in [1.54, 1.807) is 18.2 Å². The second kappa shape index (κ2) is 7.76. The van der Waals surface area contributed by atoms with Crippen LogP contribution >= 0.6 is 35.0 Å². The van der Waals surface area contributed by atoms with Gasteiger partial charge in [-0.05, 0) is 38.0 Å². The molecule has 1 aliphatic rings. The highest BCUT2D eigenvalue weighted by Crippen LogP contribution is 2.28. The number of fused-ring (bicyclic) bond motifs is 1. The zero-order valence-corrected chi connectivity index (χ0v) is 15.6. The second-order valence-electron chi connectivity index (χ2n) is 5.73. The number of aromatic nitrogens is 3. The summed E-state index contributed by atoms with van der Waals surface area (Å²) in [6.45, 7) is 2.77. The molecule has 0 aliphatic carbocycles. The van der Waals surface area contributed by atoms with E-state index < -0.39 is 0 Å². The van der Waals surface area contributed by atoms with Gasteiger partial charge in [-0.25, -0.2) is 0 Å². The van der Waals surface area contributed by atoms with E-state index >= 15 is 0 Å². The number of carbonyl (C=O) groups excluding carboxylic acids is 1. The van der Waals surface area contributed by atoms with Crippen LogP contribution in [0.1, 0.15) is 32.0 Å². The normalized spacial score (nSPS) is 15.5. The van der Waals surface area contributed by atoms with Gasteiger partial charge in [0.1, 0.15) is 5.82 Å². The van der Waals surface area contributed by atoms with Gasteiger partial charge in [0.25, 0.3) is 0 Å². The van der Waals surface area contributed by atoms with E-state index in [9.17, 15) is 4.79 Å². The van der Waals surface area contributed by atoms with Gasteiger partial charge >= 0.3 is 0 Å². The standard InChI is InChI=1S/C16H18Cl2N4OS/c1-10(15(23)19-13-7-6-11(17)9-12(13)18)24-16-21-20-14-5-3-2-4-8-22(14)16/h6-7,9-10H,2-5,8H2,1H3,(H,19,23)/t10-/m0/s1. The maximum Gasteiger partial charge on any atom is 0.237 e. The summed E-state index contributed by atoms with van der Waals surface area (Å²) in [6.07, 6.45) is 4.43. The second-order valence-corrected chi connectivity index (χ2v) is 7.89. The Morgan fingerprint density at radius 1 is 1.29 bits per heavy atom. The van der Waals surface area contributed by atoms with Crippen molar-refractivity contribution in [1.82, 2.24) is 14.8 Å². The number of benzene rings is 1. The van der Waals surface area contributed by atoms with Gasteiger partial charge < -0.3 is 9.88 Å². The smallest absolute Gasteiger partial charge is 0.237 e. The minimum absolute atomic E-state index is 0.129. The first-order valence-corrected chi connectivity index (χ1v) is 9.53. The van der Waals surface area contributed by atoms with Crippen molar-refractivity contribution >= 4 is 46.6 Å². The molecule has 0 radical (unpaired) electrons. The maximum absolute atomic E-state index is 12.4. The van der Waals surface area contributed by atoms with Crippen molar-refractivity contribution in [1.29, 1.82) is 0 Å². The molecule has 2 aromatic rings. The molecule has 2 heterocycles. The number of rotatable bonds is 4. The number of thioether (sulfide) groups is 1. The SMILES string of the molecule is C[C@H](Sc1nnc2n1CCCCC2)C(=O)Nc1ccc(Cl)cc1Cl. The third-order valence-corrected chi connectivity index (χ3v) is 5.54. The molecule has 3 rings (SSSR count). The molecule has 0 saturated carbocycles. The molecule has 0 spiro atoms. The Labute approximate surface area is 155 Å². The molecular weight excluding hydrogens is 367 g/mol. The molecule has 1 aromatic heterocycles. The molecule has 0 saturated heterocycles. The maximum atomic E-state index is 12.4. The molecular formula is C16H18Cl2N4OS. The van der Waals surface area contributed by atoms with Gasteiger partial charge in [-0.15, -0.1) is 10.2 Å². The van der Waals surface area contributed by atoms with Gasteiger partial charge in [0.2, 0.25) is 5.91 Å². The summed E-state index contributed by atoms with van der Waals surface area (Å²) in [5, 5.41) is 12.8. The van der Waals surface area contributed by atoms with Crippen LogP contribution in [0, 0.1) is 0 Å². The van der Waals surface area contributed by atoms with Gasteiger partial charge in [-0.1, -0.05) is 41.4 Å². The highest BCUT2D eigenvalue weighted by atomic mass is 35.5. The lowest BCUT2D eigenvalue weighted by Crippen LogP contribution is -2.23. The number of carbonyl (C=O) groups is 1. The fraction of sp³-hybridized carbons (Fsp3) is 0.438. The highest BCUT2D eigenvalue weighted by molar-refractivity contribution is 8.00. The first-order chi connectivity index (χ1) is 11.5. The van der Waals surface area contributed by atoms with Crippen LogP contribution < -0.4 is 5.32 Å². The van der Waals surface area contributed by atoms with E-state index in [1.807, 2.05) is 6.92 Å². The van der Waals surface area contributed by atoms with E-state index in [0.29, 0.717) is 15.7 Å². The third kappa shape index (κ3) is 4.05. The molecule has 1 N–H and O–H groups in total. The molecule has 1 atom stereocenters. The molecule has 1 aliphatic heterocycles. The first-order valence-electron chi connectivity index (χ1n) is 7.89. The van der Waals surface area contributed by atoms with E-state index in [0.717, 1.165) is 36.8 Å². The van der Waals surface area contributed by atoms with Crippen LogP contribution in [0.4, 0.5) is 5.69 Å². The Hall–Kier alpha value is -1.24. The van der Waals surface area contributed by atoms with Crippen molar-refractivity contribution < 1.29 is 4.79 Å². The van der Waals surface area contributed by atoms with Crippen molar-refractivity contribution in [3.63, 3.8) is 0 Å². The average molecular weight is 385 g/mol. The van der Waals surface area contributed by atoms with Gasteiger partial charge in [-0.2, -0.15) is 0 Å². The predicted octanol–water partition coefficient (Wildman–Crippen LogP) is 4.43. The molecule has 0 fully saturated rings. The highest BCUT2D eigenvalue weighted by Gasteiger charge is 2.21. The number of hydrogen-bond donors (Lipinski definition) is 1. The van der Waals surface area contributed by atoms with Crippen LogP contribution in [0.2, 0.25) is 10.0 Å². The van der Waals surface area contributed by atoms with Gasteiger partial charge in [0.05, 0.1) is 16.0 Å². The summed E-state index contributed by atoms with van der Waals surface area (Å²) in [6, 6.07) is 5.00. The van der Waals surface area contributed by atoms with Crippen molar-refractivity contribution in [2.75, 3.05) is 5.32 Å². The summed E-state index contributed by atoms with van der Waals surface area (Å²) in [7, 11) is 0. The fourth-order valence-corrected chi connectivity index (χ4v) is 3.93. The lowest BCUT2D eigenvalue weighted by Gasteiger charge is -2.13. The molecule has 5 nitrogen and oxygen atoms in total. The zero-order chi connectivity index (χ0) is 17.1. The van der Waals surface area contributed by atoms with E-state index in [2.05, 4.69) is 20.1 Å². The number of nitrogens with one attached hydrogen (secondary N) is 1. The summed E-state index contributed by atoms with van der Waals surface area (Å²) < 4.78 is 2.14. The number of anilines is 1. The molecule has 1 aromatic carbocycles. The third-order valence-electron chi connectivity index (χ3n) is 3.92. The minimum Gasteiger partial charge on any atom is -0.324 e. The minimum atomic E-state index is -0.312. The van der Waals surface area contributed by atoms with Crippen LogP contribution in [0.5, 0.6) is 0 Å². The van der Waals surface area contributed by atoms with Gasteiger partial charge in [0.15, 0.2) is 5.16 Å². The van der Waals surface area contributed by atoms with Crippen LogP contribution in [0.3, 0.4) is 0 Å². The van der Waals surface area contributed by atoms with E-state index in [1.165, 1.54) is 18.2 Å². The van der Waals surface area contributed by atoms with Crippen LogP contribution in [-0.2, 0) is 17.8 Å². The molecule has 24 heavy (non-hydrogen) atoms. The zero-order valence-electron chi connectivity index (χ0n) is 13.3.